The molecule has 0 saturated carbocycles. The van der Waals surface area contributed by atoms with Crippen LogP contribution in [-0.2, 0) is 6.54 Å². The summed E-state index contributed by atoms with van der Waals surface area (Å²) in [5, 5.41) is 19.3. The van der Waals surface area contributed by atoms with Crippen molar-refractivity contribution in [2.75, 3.05) is 26.3 Å². The van der Waals surface area contributed by atoms with E-state index in [4.69, 9.17) is 0 Å². The van der Waals surface area contributed by atoms with Crippen LogP contribution in [0, 0.1) is 0 Å². The lowest BCUT2D eigenvalue weighted by atomic mass is 10.1. The van der Waals surface area contributed by atoms with Crippen LogP contribution in [0.2, 0.25) is 0 Å². The molecule has 2 N–H and O–H groups in total. The van der Waals surface area contributed by atoms with Gasteiger partial charge >= 0.3 is 0 Å². The van der Waals surface area contributed by atoms with E-state index in [0.29, 0.717) is 19.6 Å². The highest BCUT2D eigenvalue weighted by molar-refractivity contribution is 7.21. The fourth-order valence-electron chi connectivity index (χ4n) is 2.92. The minimum atomic E-state index is -0.00806. The van der Waals surface area contributed by atoms with Crippen LogP contribution in [0.4, 0.5) is 0 Å². The Balaban J connectivity index is 2.17. The van der Waals surface area contributed by atoms with E-state index in [-0.39, 0.29) is 18.6 Å². The Bertz CT molecular complexity index is 886. The molecule has 1 heterocycles. The van der Waals surface area contributed by atoms with Gasteiger partial charge in [-0.2, -0.15) is 0 Å². The normalized spacial score (nSPS) is 11.3. The van der Waals surface area contributed by atoms with Gasteiger partial charge in [0.05, 0.1) is 13.2 Å². The molecule has 5 heteroatoms. The molecular weight excluding hydrogens is 334 g/mol. The largest absolute Gasteiger partial charge is 0.395 e. The Morgan fingerprint density at radius 3 is 2.20 bits per heavy atom. The van der Waals surface area contributed by atoms with Gasteiger partial charge in [0.2, 0.25) is 0 Å². The van der Waals surface area contributed by atoms with Crippen LogP contribution in [0.15, 0.2) is 59.4 Å². The van der Waals surface area contributed by atoms with E-state index in [1.54, 1.807) is 11.3 Å². The fraction of sp³-hybridized carbons (Fsp3) is 0.250. The molecule has 0 bridgehead atoms. The monoisotopic (exact) mass is 355 g/mol. The quantitative estimate of drug-likeness (QED) is 0.684. The summed E-state index contributed by atoms with van der Waals surface area (Å²) in [4.78, 5) is 16.0. The molecular formula is C20H21NO3S. The Kier molecular flexibility index (Phi) is 5.94. The van der Waals surface area contributed by atoms with E-state index >= 15 is 0 Å². The van der Waals surface area contributed by atoms with Crippen molar-refractivity contribution >= 4 is 21.4 Å². The first-order valence-electron chi connectivity index (χ1n) is 8.29. The number of hydrogen-bond donors (Lipinski definition) is 2. The van der Waals surface area contributed by atoms with Crippen LogP contribution in [0.25, 0.3) is 20.5 Å². The zero-order chi connectivity index (χ0) is 17.6. The molecule has 0 spiro atoms. The van der Waals surface area contributed by atoms with Crippen LogP contribution in [0.1, 0.15) is 5.56 Å². The lowest BCUT2D eigenvalue weighted by Gasteiger charge is -2.21. The fourth-order valence-corrected chi connectivity index (χ4v) is 4.09. The smallest absolute Gasteiger partial charge is 0.193 e. The van der Waals surface area contributed by atoms with Crippen molar-refractivity contribution in [1.29, 1.82) is 0 Å². The molecule has 3 rings (SSSR count). The van der Waals surface area contributed by atoms with E-state index in [1.807, 2.05) is 59.5 Å². The number of nitrogens with zero attached hydrogens (tertiary/aromatic N) is 1. The van der Waals surface area contributed by atoms with Crippen LogP contribution in [-0.4, -0.2) is 41.4 Å². The second-order valence-electron chi connectivity index (χ2n) is 5.82. The first-order valence-corrected chi connectivity index (χ1v) is 9.10. The van der Waals surface area contributed by atoms with Crippen molar-refractivity contribution in [1.82, 2.24) is 4.90 Å². The lowest BCUT2D eigenvalue weighted by molar-refractivity contribution is 0.156. The summed E-state index contributed by atoms with van der Waals surface area (Å²) >= 11 is 1.61. The highest BCUT2D eigenvalue weighted by atomic mass is 32.1. The third-order valence-electron chi connectivity index (χ3n) is 4.14. The molecule has 0 radical (unpaired) electrons. The van der Waals surface area contributed by atoms with Gasteiger partial charge in [0.1, 0.15) is 0 Å². The molecule has 0 fully saturated rings. The first-order chi connectivity index (χ1) is 12.2. The second-order valence-corrected chi connectivity index (χ2v) is 6.88. The number of aliphatic hydroxyl groups is 2. The van der Waals surface area contributed by atoms with Crippen molar-refractivity contribution in [3.63, 3.8) is 0 Å². The molecule has 2 aromatic carbocycles. The predicted octanol–water partition coefficient (Wildman–Crippen LogP) is 2.72. The second kappa shape index (κ2) is 8.36. The maximum atomic E-state index is 13.1. The van der Waals surface area contributed by atoms with Crippen molar-refractivity contribution in [2.24, 2.45) is 0 Å². The Hall–Kier alpha value is -2.05. The van der Waals surface area contributed by atoms with E-state index in [0.717, 1.165) is 26.1 Å². The van der Waals surface area contributed by atoms with Gasteiger partial charge in [-0.1, -0.05) is 42.5 Å². The highest BCUT2D eigenvalue weighted by Gasteiger charge is 2.17. The van der Waals surface area contributed by atoms with E-state index in [2.05, 4.69) is 0 Å². The first kappa shape index (κ1) is 17.8. The average Bonchev–Trinajstić information content (AvgIpc) is 2.65. The number of benzene rings is 2. The topological polar surface area (TPSA) is 60.8 Å². The third-order valence-corrected chi connectivity index (χ3v) is 5.40. The molecule has 0 amide bonds. The molecule has 0 aliphatic carbocycles. The molecule has 130 valence electrons. The maximum absolute atomic E-state index is 13.1. The number of aliphatic hydroxyl groups excluding tert-OH is 2. The molecule has 0 atom stereocenters. The van der Waals surface area contributed by atoms with Crippen LogP contribution >= 0.6 is 11.3 Å². The molecule has 0 aliphatic rings. The molecule has 1 aromatic heterocycles. The molecule has 0 aliphatic heterocycles. The van der Waals surface area contributed by atoms with Gasteiger partial charge in [-0.25, -0.2) is 0 Å². The summed E-state index contributed by atoms with van der Waals surface area (Å²) in [5.74, 6) is 0. The highest BCUT2D eigenvalue weighted by Crippen LogP contribution is 2.31. The van der Waals surface area contributed by atoms with E-state index in [9.17, 15) is 15.0 Å². The number of hydrogen-bond acceptors (Lipinski definition) is 5. The Morgan fingerprint density at radius 1 is 0.880 bits per heavy atom. The molecule has 3 aromatic rings. The van der Waals surface area contributed by atoms with Gasteiger partial charge in [-0.3, -0.25) is 9.69 Å². The maximum Gasteiger partial charge on any atom is 0.193 e. The summed E-state index contributed by atoms with van der Waals surface area (Å²) in [5.41, 5.74) is 1.75. The summed E-state index contributed by atoms with van der Waals surface area (Å²) in [6.45, 7) is 1.24. The Labute approximate surface area is 150 Å². The van der Waals surface area contributed by atoms with Gasteiger partial charge in [-0.05, 0) is 17.7 Å². The van der Waals surface area contributed by atoms with E-state index in [1.165, 1.54) is 0 Å². The lowest BCUT2D eigenvalue weighted by Crippen LogP contribution is -2.31. The number of fused-ring (bicyclic) bond motifs is 1. The molecule has 4 nitrogen and oxygen atoms in total. The zero-order valence-corrected chi connectivity index (χ0v) is 14.7. The summed E-state index contributed by atoms with van der Waals surface area (Å²) < 4.78 is 0.964. The van der Waals surface area contributed by atoms with Gasteiger partial charge in [0.25, 0.3) is 0 Å². The zero-order valence-electron chi connectivity index (χ0n) is 13.9. The van der Waals surface area contributed by atoms with Gasteiger partial charge < -0.3 is 10.2 Å². The standard InChI is InChI=1S/C20H21NO3S/c22-12-10-21(11-13-23)14-17-19(24)16-8-4-5-9-18(16)25-20(17)15-6-2-1-3-7-15/h1-9,22-23H,10-14H2. The summed E-state index contributed by atoms with van der Waals surface area (Å²) in [6, 6.07) is 17.5. The van der Waals surface area contributed by atoms with Crippen molar-refractivity contribution in [3.8, 4) is 10.4 Å². The van der Waals surface area contributed by atoms with E-state index < -0.39 is 0 Å². The van der Waals surface area contributed by atoms with Crippen LogP contribution in [0.5, 0.6) is 0 Å². The van der Waals surface area contributed by atoms with Gasteiger partial charge in [0, 0.05) is 40.2 Å². The predicted molar refractivity (Wildman–Crippen MR) is 103 cm³/mol. The summed E-state index contributed by atoms with van der Waals surface area (Å²) in [7, 11) is 0. The minimum absolute atomic E-state index is 0.00806. The third kappa shape index (κ3) is 3.96. The minimum Gasteiger partial charge on any atom is -0.395 e. The molecule has 0 unspecified atom stereocenters. The van der Waals surface area contributed by atoms with Gasteiger partial charge in [-0.15, -0.1) is 11.3 Å². The van der Waals surface area contributed by atoms with Crippen LogP contribution in [0.3, 0.4) is 0 Å². The Morgan fingerprint density at radius 2 is 1.52 bits per heavy atom. The number of rotatable bonds is 7. The molecule has 0 saturated heterocycles. The van der Waals surface area contributed by atoms with Crippen molar-refractivity contribution < 1.29 is 10.2 Å². The van der Waals surface area contributed by atoms with Gasteiger partial charge in [0.15, 0.2) is 5.43 Å². The molecule has 25 heavy (non-hydrogen) atoms. The SMILES string of the molecule is O=c1c(CN(CCO)CCO)c(-c2ccccc2)sc2ccccc12. The van der Waals surface area contributed by atoms with Crippen LogP contribution < -0.4 is 5.43 Å². The van der Waals surface area contributed by atoms with Crippen molar-refractivity contribution in [3.05, 3.63) is 70.4 Å². The average molecular weight is 355 g/mol. The summed E-state index contributed by atoms with van der Waals surface area (Å²) in [6.07, 6.45) is 0. The van der Waals surface area contributed by atoms with Crippen molar-refractivity contribution in [2.45, 2.75) is 6.54 Å².